The SMILES string of the molecule is CC(C)(C)c1ccc2c3ccc(C(C)(C)C)cc3c3c4ccc5c(ccc6c5c5c7c(ccc5c5c8cc(C(C)(C)C)ccc8c8ccc(C(C)(C)C)cc8c65)CCCC7)c4c4c5c(ccc4c3c2c1)CCCC5. The molecule has 368 valence electrons. The van der Waals surface area contributed by atoms with Crippen LogP contribution in [0.2, 0.25) is 0 Å². The highest BCUT2D eigenvalue weighted by atomic mass is 14.3. The lowest BCUT2D eigenvalue weighted by Gasteiger charge is -2.26. The topological polar surface area (TPSA) is 0 Å². The summed E-state index contributed by atoms with van der Waals surface area (Å²) in [5.74, 6) is 0. The Bertz CT molecular complexity index is 4190. The number of fused-ring (bicyclic) bond motifs is 29. The lowest BCUT2D eigenvalue weighted by atomic mass is 9.77. The second-order valence-electron chi connectivity index (χ2n) is 27.3. The largest absolute Gasteiger partial charge is 0.0581 e. The molecule has 0 fully saturated rings. The monoisotopic (exact) mass is 961 g/mol. The molecule has 2 aliphatic rings. The van der Waals surface area contributed by atoms with Crippen molar-refractivity contribution in [1.82, 2.24) is 0 Å². The highest BCUT2D eigenvalue weighted by molar-refractivity contribution is 6.46. The third-order valence-electron chi connectivity index (χ3n) is 18.5. The van der Waals surface area contributed by atoms with E-state index in [9.17, 15) is 0 Å². The zero-order chi connectivity index (χ0) is 51.1. The van der Waals surface area contributed by atoms with Gasteiger partial charge in [-0.2, -0.15) is 0 Å². The Morgan fingerprint density at radius 1 is 0.216 bits per heavy atom. The molecule has 0 amide bonds. The maximum Gasteiger partial charge on any atom is -0.00136 e. The molecule has 0 unspecified atom stereocenters. The van der Waals surface area contributed by atoms with Gasteiger partial charge in [0.25, 0.3) is 0 Å². The molecule has 0 saturated heterocycles. The van der Waals surface area contributed by atoms with E-state index in [-0.39, 0.29) is 21.7 Å². The van der Waals surface area contributed by atoms with E-state index in [0.29, 0.717) is 0 Å². The fraction of sp³-hybridized carbons (Fsp3) is 0.324. The minimum atomic E-state index is 0.00330. The summed E-state index contributed by atoms with van der Waals surface area (Å²) in [6.45, 7) is 28.5. The fourth-order valence-corrected chi connectivity index (χ4v) is 14.5. The Labute approximate surface area is 438 Å². The lowest BCUT2D eigenvalue weighted by Crippen LogP contribution is -2.11. The van der Waals surface area contributed by atoms with Crippen LogP contribution in [0.25, 0.3) is 118 Å². The summed E-state index contributed by atoms with van der Waals surface area (Å²) in [5.41, 5.74) is 11.8. The van der Waals surface area contributed by atoms with Gasteiger partial charge in [-0.25, -0.2) is 0 Å². The van der Waals surface area contributed by atoms with Gasteiger partial charge in [-0.05, 0) is 260 Å². The molecule has 0 N–H and O–H groups in total. The minimum absolute atomic E-state index is 0.00330. The zero-order valence-electron chi connectivity index (χ0n) is 46.2. The maximum absolute atomic E-state index is 2.60. The van der Waals surface area contributed by atoms with Crippen molar-refractivity contribution in [2.45, 2.75) is 156 Å². The fourth-order valence-electron chi connectivity index (χ4n) is 14.5. The van der Waals surface area contributed by atoms with E-state index in [1.807, 2.05) is 0 Å². The van der Waals surface area contributed by atoms with Crippen molar-refractivity contribution in [1.29, 1.82) is 0 Å². The lowest BCUT2D eigenvalue weighted by molar-refractivity contribution is 0.591. The van der Waals surface area contributed by atoms with Crippen LogP contribution in [0.1, 0.15) is 153 Å². The number of hydrogen-bond acceptors (Lipinski definition) is 0. The molecule has 0 radical (unpaired) electrons. The molecule has 14 rings (SSSR count). The van der Waals surface area contributed by atoms with E-state index in [1.54, 1.807) is 22.3 Å². The summed E-state index contributed by atoms with van der Waals surface area (Å²) in [5, 5.41) is 30.9. The first-order chi connectivity index (χ1) is 35.3. The van der Waals surface area contributed by atoms with Crippen molar-refractivity contribution in [3.63, 3.8) is 0 Å². The average Bonchev–Trinajstić information content (AvgIpc) is 3.38. The van der Waals surface area contributed by atoms with Gasteiger partial charge in [-0.15, -0.1) is 0 Å². The molecule has 12 aromatic rings. The average molecular weight is 961 g/mol. The van der Waals surface area contributed by atoms with Gasteiger partial charge >= 0.3 is 0 Å². The molecule has 0 atom stereocenters. The summed E-state index contributed by atoms with van der Waals surface area (Å²) in [6.07, 6.45) is 9.53. The van der Waals surface area contributed by atoms with Crippen molar-refractivity contribution in [2.24, 2.45) is 0 Å². The van der Waals surface area contributed by atoms with Crippen LogP contribution in [0.15, 0.2) is 121 Å². The van der Waals surface area contributed by atoms with Gasteiger partial charge < -0.3 is 0 Å². The molecule has 0 nitrogen and oxygen atoms in total. The van der Waals surface area contributed by atoms with Crippen LogP contribution in [0.3, 0.4) is 0 Å². The van der Waals surface area contributed by atoms with Crippen molar-refractivity contribution in [3.05, 3.63) is 166 Å². The first-order valence-electron chi connectivity index (χ1n) is 28.3. The summed E-state index contributed by atoms with van der Waals surface area (Å²) < 4.78 is 0. The predicted octanol–water partition coefficient (Wildman–Crippen LogP) is 21.3. The summed E-state index contributed by atoms with van der Waals surface area (Å²) in [6, 6.07) is 50.2. The smallest absolute Gasteiger partial charge is 0.00136 e. The zero-order valence-corrected chi connectivity index (χ0v) is 46.2. The van der Waals surface area contributed by atoms with E-state index in [0.717, 1.165) is 25.7 Å². The van der Waals surface area contributed by atoms with Crippen LogP contribution in [-0.2, 0) is 47.3 Å². The van der Waals surface area contributed by atoms with Crippen molar-refractivity contribution >= 4 is 118 Å². The Morgan fingerprint density at radius 3 is 0.743 bits per heavy atom. The molecule has 0 heteroatoms. The van der Waals surface area contributed by atoms with Crippen LogP contribution in [-0.4, -0.2) is 0 Å². The predicted molar refractivity (Wildman–Crippen MR) is 327 cm³/mol. The van der Waals surface area contributed by atoms with E-state index in [1.165, 1.54) is 166 Å². The molecular formula is C74H72. The molecule has 0 saturated carbocycles. The van der Waals surface area contributed by atoms with E-state index < -0.39 is 0 Å². The molecular weight excluding hydrogens is 889 g/mol. The number of aryl methyl sites for hydroxylation is 4. The van der Waals surface area contributed by atoms with Gasteiger partial charge in [-0.3, -0.25) is 0 Å². The first-order valence-corrected chi connectivity index (χ1v) is 28.3. The van der Waals surface area contributed by atoms with Crippen LogP contribution in [0.4, 0.5) is 0 Å². The quantitative estimate of drug-likeness (QED) is 0.133. The Hall–Kier alpha value is -6.50. The molecule has 12 aromatic carbocycles. The van der Waals surface area contributed by atoms with E-state index >= 15 is 0 Å². The summed E-state index contributed by atoms with van der Waals surface area (Å²) in [4.78, 5) is 0. The van der Waals surface area contributed by atoms with Crippen LogP contribution in [0, 0.1) is 0 Å². The highest BCUT2D eigenvalue weighted by Crippen LogP contribution is 2.53. The van der Waals surface area contributed by atoms with Crippen LogP contribution >= 0.6 is 0 Å². The number of hydrogen-bond donors (Lipinski definition) is 0. The van der Waals surface area contributed by atoms with Gasteiger partial charge in [0.2, 0.25) is 0 Å². The maximum atomic E-state index is 2.60. The summed E-state index contributed by atoms with van der Waals surface area (Å²) >= 11 is 0. The molecule has 0 aromatic heterocycles. The second-order valence-corrected chi connectivity index (χ2v) is 27.3. The molecule has 0 spiro atoms. The second kappa shape index (κ2) is 15.5. The first kappa shape index (κ1) is 46.1. The van der Waals surface area contributed by atoms with Gasteiger partial charge in [0.05, 0.1) is 0 Å². The standard InChI is InChI=1S/C74H72/c1-71(2,3)43-23-29-49-51-31-25-45(73(7,8)9)39-61(51)69-57-35-33-54-53(65(57)63-47-19-15-13-17-41(47)21-27-55(63)67(69)59(49)37-43)34-36-58-66(54)64-48-20-16-14-18-42(48)22-28-56(64)68-60-38-44(72(4,5)6)24-30-50(60)52-32-26-46(74(10,11)12)40-62(52)70(58)68/h21-40H,13-20H2,1-12H3. The third kappa shape index (κ3) is 6.58. The Morgan fingerprint density at radius 2 is 0.446 bits per heavy atom. The van der Waals surface area contributed by atoms with Crippen molar-refractivity contribution in [2.75, 3.05) is 0 Å². The van der Waals surface area contributed by atoms with Crippen molar-refractivity contribution in [3.8, 4) is 0 Å². The molecule has 0 heterocycles. The normalized spacial score (nSPS) is 15.1. The van der Waals surface area contributed by atoms with E-state index in [4.69, 9.17) is 0 Å². The highest BCUT2D eigenvalue weighted by Gasteiger charge is 2.28. The molecule has 0 aliphatic heterocycles. The van der Waals surface area contributed by atoms with Crippen molar-refractivity contribution < 1.29 is 0 Å². The molecule has 0 bridgehead atoms. The third-order valence-corrected chi connectivity index (χ3v) is 18.5. The molecule has 2 aliphatic carbocycles. The number of rotatable bonds is 0. The molecule has 74 heavy (non-hydrogen) atoms. The summed E-state index contributed by atoms with van der Waals surface area (Å²) in [7, 11) is 0. The Balaban J connectivity index is 1.27. The van der Waals surface area contributed by atoms with Crippen LogP contribution < -0.4 is 0 Å². The van der Waals surface area contributed by atoms with Gasteiger partial charge in [0.1, 0.15) is 0 Å². The minimum Gasteiger partial charge on any atom is -0.0581 e. The van der Waals surface area contributed by atoms with Gasteiger partial charge in [-0.1, -0.05) is 180 Å². The Kier molecular flexibility index (Phi) is 9.67. The van der Waals surface area contributed by atoms with Gasteiger partial charge in [0, 0.05) is 0 Å². The van der Waals surface area contributed by atoms with E-state index in [2.05, 4.69) is 204 Å². The number of benzene rings is 12. The van der Waals surface area contributed by atoms with Crippen LogP contribution in [0.5, 0.6) is 0 Å². The van der Waals surface area contributed by atoms with Gasteiger partial charge in [0.15, 0.2) is 0 Å².